The largest absolute Gasteiger partial charge is 0.488 e. The molecule has 0 unspecified atom stereocenters. The van der Waals surface area contributed by atoms with Crippen LogP contribution in [0, 0.1) is 21.4 Å². The molecule has 0 saturated carbocycles. The first-order valence-corrected chi connectivity index (χ1v) is 9.48. The third kappa shape index (κ3) is 5.69. The van der Waals surface area contributed by atoms with Crippen LogP contribution in [0.4, 0.5) is 11.4 Å². The molecule has 8 heteroatoms. The molecule has 0 atom stereocenters. The first-order chi connectivity index (χ1) is 15.0. The predicted molar refractivity (Wildman–Crippen MR) is 118 cm³/mol. The number of nitrogens with one attached hydrogen (secondary N) is 1. The van der Waals surface area contributed by atoms with Crippen molar-refractivity contribution in [2.24, 2.45) is 0 Å². The van der Waals surface area contributed by atoms with Gasteiger partial charge in [-0.05, 0) is 29.8 Å². The van der Waals surface area contributed by atoms with Crippen molar-refractivity contribution in [3.05, 3.63) is 105 Å². The highest BCUT2D eigenvalue weighted by Crippen LogP contribution is 2.28. The number of hydrogen-bond donors (Lipinski definition) is 1. The Labute approximate surface area is 183 Å². The summed E-state index contributed by atoms with van der Waals surface area (Å²) in [6.45, 7) is 0.316. The van der Waals surface area contributed by atoms with Gasteiger partial charge in [0.1, 0.15) is 29.7 Å². The van der Waals surface area contributed by atoms with E-state index in [1.165, 1.54) is 18.2 Å². The summed E-state index contributed by atoms with van der Waals surface area (Å²) in [5.41, 5.74) is 0.823. The van der Waals surface area contributed by atoms with Crippen LogP contribution in [0.15, 0.2) is 78.4 Å². The fourth-order valence-corrected chi connectivity index (χ4v) is 2.89. The minimum Gasteiger partial charge on any atom is -0.488 e. The predicted octanol–water partition coefficient (Wildman–Crippen LogP) is 5.37. The van der Waals surface area contributed by atoms with E-state index in [1.54, 1.807) is 24.3 Å². The van der Waals surface area contributed by atoms with Crippen molar-refractivity contribution in [1.29, 1.82) is 5.26 Å². The smallest absolute Gasteiger partial charge is 0.294 e. The van der Waals surface area contributed by atoms with Gasteiger partial charge in [-0.3, -0.25) is 14.9 Å². The number of halogens is 1. The molecule has 0 heterocycles. The molecule has 0 aliphatic heterocycles. The first kappa shape index (κ1) is 21.6. The summed E-state index contributed by atoms with van der Waals surface area (Å²) < 4.78 is 5.84. The number of benzene rings is 3. The normalized spacial score (nSPS) is 10.8. The van der Waals surface area contributed by atoms with Gasteiger partial charge in [-0.2, -0.15) is 5.26 Å². The van der Waals surface area contributed by atoms with Crippen LogP contribution in [-0.2, 0) is 11.4 Å². The Morgan fingerprint density at radius 1 is 1.13 bits per heavy atom. The van der Waals surface area contributed by atoms with E-state index < -0.39 is 10.8 Å². The van der Waals surface area contributed by atoms with Gasteiger partial charge in [0.2, 0.25) is 0 Å². The van der Waals surface area contributed by atoms with Crippen molar-refractivity contribution >= 4 is 35.0 Å². The van der Waals surface area contributed by atoms with Gasteiger partial charge < -0.3 is 10.1 Å². The number of nitro benzene ring substituents is 1. The van der Waals surface area contributed by atoms with Crippen LogP contribution >= 0.6 is 11.6 Å². The maximum Gasteiger partial charge on any atom is 0.294 e. The maximum atomic E-state index is 12.6. The summed E-state index contributed by atoms with van der Waals surface area (Å²) in [6, 6.07) is 22.2. The van der Waals surface area contributed by atoms with E-state index in [4.69, 9.17) is 16.3 Å². The molecule has 1 N–H and O–H groups in total. The highest BCUT2D eigenvalue weighted by Gasteiger charge is 2.19. The molecule has 0 radical (unpaired) electrons. The second-order valence-corrected chi connectivity index (χ2v) is 6.79. The second kappa shape index (κ2) is 10.1. The average molecular weight is 434 g/mol. The van der Waals surface area contributed by atoms with Crippen LogP contribution in [-0.4, -0.2) is 10.8 Å². The van der Waals surface area contributed by atoms with E-state index in [9.17, 15) is 20.2 Å². The number of nitriles is 1. The molecule has 0 spiro atoms. The van der Waals surface area contributed by atoms with Crippen LogP contribution in [0.3, 0.4) is 0 Å². The van der Waals surface area contributed by atoms with Gasteiger partial charge in [0.05, 0.1) is 4.92 Å². The molecule has 3 aromatic rings. The fraction of sp³-hybridized carbons (Fsp3) is 0.0435. The summed E-state index contributed by atoms with van der Waals surface area (Å²) in [6.07, 6.45) is 1.37. The molecule has 31 heavy (non-hydrogen) atoms. The van der Waals surface area contributed by atoms with Gasteiger partial charge in [-0.15, -0.1) is 0 Å². The molecular weight excluding hydrogens is 418 g/mol. The van der Waals surface area contributed by atoms with Gasteiger partial charge in [0.15, 0.2) is 0 Å². The summed E-state index contributed by atoms with van der Waals surface area (Å²) in [4.78, 5) is 23.2. The third-order valence-electron chi connectivity index (χ3n) is 4.23. The summed E-state index contributed by atoms with van der Waals surface area (Å²) in [5.74, 6) is -0.296. The molecule has 0 aromatic heterocycles. The lowest BCUT2D eigenvalue weighted by atomic mass is 10.1. The standard InChI is InChI=1S/C23H16ClN3O4/c24-19-10-11-20(21(13-19)27(29)30)26-23(28)18(14-25)12-17-8-4-5-9-22(17)31-15-16-6-2-1-3-7-16/h1-13H,15H2,(H,26,28). The van der Waals surface area contributed by atoms with Gasteiger partial charge in [0.25, 0.3) is 11.6 Å². The molecule has 0 aliphatic carbocycles. The molecule has 7 nitrogen and oxygen atoms in total. The molecule has 0 bridgehead atoms. The van der Waals surface area contributed by atoms with Gasteiger partial charge in [-0.25, -0.2) is 0 Å². The SMILES string of the molecule is N#CC(=Cc1ccccc1OCc1ccccc1)C(=O)Nc1ccc(Cl)cc1[N+](=O)[O-]. The van der Waals surface area contributed by atoms with E-state index in [0.29, 0.717) is 17.9 Å². The molecule has 0 saturated heterocycles. The Balaban J connectivity index is 1.83. The molecule has 154 valence electrons. The van der Waals surface area contributed by atoms with Crippen molar-refractivity contribution in [1.82, 2.24) is 0 Å². The number of nitrogens with zero attached hydrogens (tertiary/aromatic N) is 2. The molecule has 3 rings (SSSR count). The zero-order valence-electron chi connectivity index (χ0n) is 16.1. The number of carbonyl (C=O) groups is 1. The topological polar surface area (TPSA) is 105 Å². The molecule has 0 fully saturated rings. The molecule has 0 aliphatic rings. The number of rotatable bonds is 7. The monoisotopic (exact) mass is 433 g/mol. The summed E-state index contributed by atoms with van der Waals surface area (Å²) >= 11 is 5.79. The lowest BCUT2D eigenvalue weighted by Crippen LogP contribution is -2.14. The van der Waals surface area contributed by atoms with Gasteiger partial charge in [0, 0.05) is 16.7 Å². The van der Waals surface area contributed by atoms with Crippen molar-refractivity contribution < 1.29 is 14.5 Å². The zero-order valence-corrected chi connectivity index (χ0v) is 16.9. The first-order valence-electron chi connectivity index (χ1n) is 9.11. The van der Waals surface area contributed by atoms with Gasteiger partial charge >= 0.3 is 0 Å². The van der Waals surface area contributed by atoms with Crippen molar-refractivity contribution in [3.63, 3.8) is 0 Å². The van der Waals surface area contributed by atoms with Crippen molar-refractivity contribution in [2.45, 2.75) is 6.61 Å². The number of nitro groups is 1. The van der Waals surface area contributed by atoms with Gasteiger partial charge in [-0.1, -0.05) is 60.1 Å². The van der Waals surface area contributed by atoms with Crippen LogP contribution in [0.25, 0.3) is 6.08 Å². The second-order valence-electron chi connectivity index (χ2n) is 6.35. The minimum atomic E-state index is -0.786. The van der Waals surface area contributed by atoms with Crippen LogP contribution in [0.5, 0.6) is 5.75 Å². The average Bonchev–Trinajstić information content (AvgIpc) is 2.78. The van der Waals surface area contributed by atoms with E-state index >= 15 is 0 Å². The number of amides is 1. The Bertz CT molecular complexity index is 1190. The lowest BCUT2D eigenvalue weighted by Gasteiger charge is -2.10. The van der Waals surface area contributed by atoms with Crippen molar-refractivity contribution in [3.8, 4) is 11.8 Å². The Hall–Kier alpha value is -4.15. The fourth-order valence-electron chi connectivity index (χ4n) is 2.72. The Kier molecular flexibility index (Phi) is 6.99. The number of hydrogen-bond acceptors (Lipinski definition) is 5. The molecule has 3 aromatic carbocycles. The number of anilines is 1. The lowest BCUT2D eigenvalue weighted by molar-refractivity contribution is -0.383. The quantitative estimate of drug-likeness (QED) is 0.233. The maximum absolute atomic E-state index is 12.6. The third-order valence-corrected chi connectivity index (χ3v) is 4.46. The molecule has 1 amide bonds. The number of ether oxygens (including phenoxy) is 1. The van der Waals surface area contributed by atoms with Crippen LogP contribution in [0.2, 0.25) is 5.02 Å². The number of para-hydroxylation sites is 1. The Morgan fingerprint density at radius 3 is 2.55 bits per heavy atom. The highest BCUT2D eigenvalue weighted by atomic mass is 35.5. The van der Waals surface area contributed by atoms with E-state index in [0.717, 1.165) is 11.6 Å². The highest BCUT2D eigenvalue weighted by molar-refractivity contribution is 6.31. The van der Waals surface area contributed by atoms with E-state index in [1.807, 2.05) is 36.4 Å². The van der Waals surface area contributed by atoms with E-state index in [-0.39, 0.29) is 22.0 Å². The minimum absolute atomic E-state index is 0.0610. The van der Waals surface area contributed by atoms with E-state index in [2.05, 4.69) is 5.32 Å². The van der Waals surface area contributed by atoms with Crippen molar-refractivity contribution in [2.75, 3.05) is 5.32 Å². The summed E-state index contributed by atoms with van der Waals surface area (Å²) in [7, 11) is 0. The summed E-state index contributed by atoms with van der Waals surface area (Å²) in [5, 5.41) is 23.3. The van der Waals surface area contributed by atoms with Crippen LogP contribution < -0.4 is 10.1 Å². The zero-order chi connectivity index (χ0) is 22.2. The Morgan fingerprint density at radius 2 is 1.84 bits per heavy atom. The molecular formula is C23H16ClN3O4. The van der Waals surface area contributed by atoms with Crippen LogP contribution in [0.1, 0.15) is 11.1 Å². The number of carbonyl (C=O) groups excluding carboxylic acids is 1.